The van der Waals surface area contributed by atoms with Crippen molar-refractivity contribution in [3.05, 3.63) is 149 Å². The van der Waals surface area contributed by atoms with E-state index in [1.807, 2.05) is 30.3 Å². The Labute approximate surface area is 287 Å². The van der Waals surface area contributed by atoms with Crippen LogP contribution >= 0.6 is 0 Å². The third-order valence-electron chi connectivity index (χ3n) is 11.2. The number of halogens is 1. The quantitative estimate of drug-likeness (QED) is 0.143. The van der Waals surface area contributed by atoms with Crippen LogP contribution in [0.2, 0.25) is 0 Å². The highest BCUT2D eigenvalue weighted by Crippen LogP contribution is 2.63. The van der Waals surface area contributed by atoms with Crippen molar-refractivity contribution >= 4 is 40.4 Å². The van der Waals surface area contributed by atoms with E-state index in [1.54, 1.807) is 66.7 Å². The first-order valence-corrected chi connectivity index (χ1v) is 16.7. The molecule has 7 nitrogen and oxygen atoms in total. The molecule has 248 valence electrons. The Balaban J connectivity index is 1.33. The van der Waals surface area contributed by atoms with Gasteiger partial charge in [-0.3, -0.25) is 28.9 Å². The van der Waals surface area contributed by atoms with Crippen molar-refractivity contribution in [3.8, 4) is 5.75 Å². The van der Waals surface area contributed by atoms with Crippen LogP contribution < -0.4 is 4.90 Å². The standard InChI is InChI=1S/C42H32FNO6/c1-23(45)24-12-15-28(16-13-24)44-40(49)30-18-17-29-32(37(30)41(44)50)21-33-39(48)31(25-8-4-2-5-9-25)22-36(47)42(33,27-10-6-3-7-11-27)38(29)26-14-19-35(46)34(43)20-26/h2-17,19-20,22,30,32-33,37-38,46H,18,21H2,1H3/t30-,32+,33-,37-,38-,42-/m0/s1. The maximum absolute atomic E-state index is 15.3. The minimum atomic E-state index is -1.50. The van der Waals surface area contributed by atoms with E-state index in [9.17, 15) is 29.1 Å². The Bertz CT molecular complexity index is 2170. The highest BCUT2D eigenvalue weighted by Gasteiger charge is 2.66. The van der Waals surface area contributed by atoms with Gasteiger partial charge in [-0.05, 0) is 84.8 Å². The van der Waals surface area contributed by atoms with Crippen LogP contribution in [-0.4, -0.2) is 34.3 Å². The molecule has 3 aliphatic carbocycles. The van der Waals surface area contributed by atoms with Crippen molar-refractivity contribution in [2.75, 3.05) is 4.90 Å². The second-order valence-electron chi connectivity index (χ2n) is 13.6. The highest BCUT2D eigenvalue weighted by molar-refractivity contribution is 6.32. The van der Waals surface area contributed by atoms with Crippen molar-refractivity contribution in [1.29, 1.82) is 0 Å². The normalized spacial score (nSPS) is 27.2. The van der Waals surface area contributed by atoms with E-state index in [0.29, 0.717) is 33.5 Å². The van der Waals surface area contributed by atoms with Crippen molar-refractivity contribution in [2.45, 2.75) is 31.1 Å². The maximum atomic E-state index is 15.3. The van der Waals surface area contributed by atoms with Gasteiger partial charge >= 0.3 is 0 Å². The summed E-state index contributed by atoms with van der Waals surface area (Å²) in [6, 6.07) is 28.4. The number of anilines is 1. The van der Waals surface area contributed by atoms with Crippen molar-refractivity contribution in [1.82, 2.24) is 0 Å². The summed E-state index contributed by atoms with van der Waals surface area (Å²) in [6.07, 6.45) is 3.64. The van der Waals surface area contributed by atoms with Gasteiger partial charge in [0, 0.05) is 23.0 Å². The monoisotopic (exact) mass is 665 g/mol. The lowest BCUT2D eigenvalue weighted by Gasteiger charge is -2.55. The molecular weight excluding hydrogens is 633 g/mol. The molecule has 0 radical (unpaired) electrons. The van der Waals surface area contributed by atoms with Crippen LogP contribution in [0.1, 0.15) is 52.7 Å². The molecule has 1 saturated heterocycles. The SMILES string of the molecule is CC(=O)c1ccc(N2C(=O)[C@H]3[C@H](CC=C4[C@H]3C[C@H]3C(=O)C(c5ccccc5)=CC(=O)[C@@]3(c3ccccc3)[C@H]4c3ccc(O)c(F)c3)C2=O)cc1. The van der Waals surface area contributed by atoms with Gasteiger partial charge in [0.05, 0.1) is 22.9 Å². The van der Waals surface area contributed by atoms with E-state index in [4.69, 9.17) is 0 Å². The predicted molar refractivity (Wildman–Crippen MR) is 184 cm³/mol. The van der Waals surface area contributed by atoms with Crippen molar-refractivity contribution < 1.29 is 33.5 Å². The summed E-state index contributed by atoms with van der Waals surface area (Å²) < 4.78 is 15.3. The van der Waals surface area contributed by atoms with Gasteiger partial charge in [0.15, 0.2) is 28.9 Å². The Morgan fingerprint density at radius 1 is 0.840 bits per heavy atom. The summed E-state index contributed by atoms with van der Waals surface area (Å²) in [7, 11) is 0. The van der Waals surface area contributed by atoms with Crippen LogP contribution in [0.15, 0.2) is 121 Å². The number of carbonyl (C=O) groups is 5. The molecule has 0 aromatic heterocycles. The van der Waals surface area contributed by atoms with Crippen molar-refractivity contribution in [2.24, 2.45) is 23.7 Å². The van der Waals surface area contributed by atoms with E-state index in [1.165, 1.54) is 30.0 Å². The summed E-state index contributed by atoms with van der Waals surface area (Å²) in [4.78, 5) is 71.5. The van der Waals surface area contributed by atoms with Gasteiger partial charge in [-0.2, -0.15) is 0 Å². The van der Waals surface area contributed by atoms with E-state index in [2.05, 4.69) is 0 Å². The summed E-state index contributed by atoms with van der Waals surface area (Å²) in [6.45, 7) is 1.44. The largest absolute Gasteiger partial charge is 0.505 e. The number of hydrogen-bond donors (Lipinski definition) is 1. The zero-order valence-electron chi connectivity index (χ0n) is 27.1. The molecule has 1 heterocycles. The Morgan fingerprint density at radius 3 is 2.18 bits per heavy atom. The number of carbonyl (C=O) groups excluding carboxylic acids is 5. The summed E-state index contributed by atoms with van der Waals surface area (Å²) in [5.74, 6) is -6.94. The molecule has 0 bridgehead atoms. The number of Topliss-reactive ketones (excluding diaryl/α,β-unsaturated/α-hetero) is 2. The fraction of sp³-hybridized carbons (Fsp3) is 0.214. The van der Waals surface area contributed by atoms with Gasteiger partial charge < -0.3 is 5.11 Å². The maximum Gasteiger partial charge on any atom is 0.238 e. The fourth-order valence-corrected chi connectivity index (χ4v) is 9.05. The second-order valence-corrected chi connectivity index (χ2v) is 13.6. The molecule has 4 aliphatic rings. The first kappa shape index (κ1) is 31.5. The van der Waals surface area contributed by atoms with E-state index >= 15 is 4.39 Å². The molecule has 6 atom stereocenters. The molecular formula is C42H32FNO6. The smallest absolute Gasteiger partial charge is 0.238 e. The molecule has 1 N–H and O–H groups in total. The van der Waals surface area contributed by atoms with Crippen LogP contribution in [0.4, 0.5) is 10.1 Å². The van der Waals surface area contributed by atoms with Gasteiger partial charge in [-0.15, -0.1) is 0 Å². The molecule has 2 fully saturated rings. The molecule has 2 amide bonds. The number of imide groups is 1. The molecule has 8 heteroatoms. The minimum absolute atomic E-state index is 0.115. The molecule has 4 aromatic rings. The van der Waals surface area contributed by atoms with Crippen LogP contribution in [0, 0.1) is 29.5 Å². The lowest BCUT2D eigenvalue weighted by molar-refractivity contribution is -0.135. The molecule has 0 unspecified atom stereocenters. The van der Waals surface area contributed by atoms with Crippen LogP contribution in [0.3, 0.4) is 0 Å². The third-order valence-corrected chi connectivity index (χ3v) is 11.2. The van der Waals surface area contributed by atoms with Crippen LogP contribution in [0.25, 0.3) is 5.57 Å². The average Bonchev–Trinajstić information content (AvgIpc) is 3.39. The molecule has 4 aromatic carbocycles. The third kappa shape index (κ3) is 4.51. The molecule has 8 rings (SSSR count). The Kier molecular flexibility index (Phi) is 7.37. The molecule has 1 saturated carbocycles. The molecule has 1 aliphatic heterocycles. The first-order valence-electron chi connectivity index (χ1n) is 16.7. The summed E-state index contributed by atoms with van der Waals surface area (Å²) in [5.41, 5.74) is 1.84. The number of aromatic hydroxyl groups is 1. The molecule has 50 heavy (non-hydrogen) atoms. The van der Waals surface area contributed by atoms with E-state index in [-0.39, 0.29) is 41.7 Å². The number of benzene rings is 4. The van der Waals surface area contributed by atoms with Gasteiger partial charge in [0.2, 0.25) is 11.8 Å². The predicted octanol–water partition coefficient (Wildman–Crippen LogP) is 6.76. The van der Waals surface area contributed by atoms with Gasteiger partial charge in [0.25, 0.3) is 0 Å². The van der Waals surface area contributed by atoms with Gasteiger partial charge in [0.1, 0.15) is 0 Å². The van der Waals surface area contributed by atoms with E-state index < -0.39 is 52.5 Å². The van der Waals surface area contributed by atoms with Crippen LogP contribution in [0.5, 0.6) is 5.75 Å². The lowest BCUT2D eigenvalue weighted by Crippen LogP contribution is -2.58. The number of phenols is 1. The topological polar surface area (TPSA) is 109 Å². The molecule has 0 spiro atoms. The summed E-state index contributed by atoms with van der Waals surface area (Å²) in [5, 5.41) is 10.2. The number of nitrogens with zero attached hydrogens (tertiary/aromatic N) is 1. The van der Waals surface area contributed by atoms with Crippen LogP contribution in [-0.2, 0) is 24.6 Å². The number of allylic oxidation sites excluding steroid dienone is 4. The highest BCUT2D eigenvalue weighted by atomic mass is 19.1. The van der Waals surface area contributed by atoms with Crippen molar-refractivity contribution in [3.63, 3.8) is 0 Å². The number of hydrogen-bond acceptors (Lipinski definition) is 6. The zero-order valence-corrected chi connectivity index (χ0v) is 27.1. The Hall–Kier alpha value is -5.76. The van der Waals surface area contributed by atoms with Gasteiger partial charge in [-0.1, -0.05) is 78.4 Å². The number of rotatable bonds is 5. The zero-order chi connectivity index (χ0) is 34.9. The van der Waals surface area contributed by atoms with Gasteiger partial charge in [-0.25, -0.2) is 4.39 Å². The fourth-order valence-electron chi connectivity index (χ4n) is 9.05. The number of amides is 2. The summed E-state index contributed by atoms with van der Waals surface area (Å²) >= 11 is 0. The first-order chi connectivity index (χ1) is 24.1. The second kappa shape index (κ2) is 11.7. The number of phenolic OH excluding ortho intramolecular Hbond substituents is 1. The lowest BCUT2D eigenvalue weighted by atomic mass is 9.44. The average molecular weight is 666 g/mol. The minimum Gasteiger partial charge on any atom is -0.505 e. The number of fused-ring (bicyclic) bond motifs is 4. The number of ketones is 3. The van der Waals surface area contributed by atoms with E-state index in [0.717, 1.165) is 0 Å². The Morgan fingerprint density at radius 2 is 1.52 bits per heavy atom.